The molecule has 2 aromatic carbocycles. The van der Waals surface area contributed by atoms with Crippen LogP contribution in [0.5, 0.6) is 0 Å². The summed E-state index contributed by atoms with van der Waals surface area (Å²) in [5.74, 6) is 0.455. The van der Waals surface area contributed by atoms with Crippen molar-refractivity contribution in [2.45, 2.75) is 11.9 Å². The van der Waals surface area contributed by atoms with Crippen molar-refractivity contribution in [3.63, 3.8) is 0 Å². The molecule has 0 aliphatic rings. The van der Waals surface area contributed by atoms with E-state index < -0.39 is 0 Å². The lowest BCUT2D eigenvalue weighted by Gasteiger charge is -2.21. The van der Waals surface area contributed by atoms with Gasteiger partial charge in [-0.3, -0.25) is 0 Å². The number of imidazole rings is 1. The lowest BCUT2D eigenvalue weighted by molar-refractivity contribution is 0.655. The van der Waals surface area contributed by atoms with Crippen molar-refractivity contribution in [2.75, 3.05) is 0 Å². The Labute approximate surface area is 123 Å². The average Bonchev–Trinajstić information content (AvgIpc) is 2.98. The smallest absolute Gasteiger partial charge is 0.0957 e. The highest BCUT2D eigenvalue weighted by molar-refractivity contribution is 6.16. The fourth-order valence-electron chi connectivity index (χ4n) is 2.45. The highest BCUT2D eigenvalue weighted by Gasteiger charge is 2.17. The number of hydrogen-bond donors (Lipinski definition) is 0. The first-order valence-corrected chi connectivity index (χ1v) is 7.10. The third-order valence-electron chi connectivity index (χ3n) is 3.39. The van der Waals surface area contributed by atoms with Gasteiger partial charge in [-0.15, -0.1) is 11.6 Å². The van der Waals surface area contributed by atoms with E-state index in [1.165, 1.54) is 11.1 Å². The Hall–Kier alpha value is -2.06. The fourth-order valence-corrected chi connectivity index (χ4v) is 2.66. The largest absolute Gasteiger partial charge is 0.322 e. The highest BCUT2D eigenvalue weighted by atomic mass is 35.5. The number of aromatic nitrogens is 2. The zero-order valence-corrected chi connectivity index (χ0v) is 11.7. The first-order chi connectivity index (χ1) is 9.90. The minimum absolute atomic E-state index is 0.105. The quantitative estimate of drug-likeness (QED) is 0.654. The monoisotopic (exact) mass is 282 g/mol. The summed E-state index contributed by atoms with van der Waals surface area (Å²) in [5, 5.41) is 0. The molecule has 2 nitrogen and oxygen atoms in total. The van der Waals surface area contributed by atoms with Crippen LogP contribution in [0.25, 0.3) is 0 Å². The van der Waals surface area contributed by atoms with Gasteiger partial charge in [0.05, 0.1) is 23.9 Å². The van der Waals surface area contributed by atoms with Gasteiger partial charge in [-0.05, 0) is 11.1 Å². The van der Waals surface area contributed by atoms with Crippen molar-refractivity contribution in [3.05, 3.63) is 90.0 Å². The topological polar surface area (TPSA) is 17.8 Å². The van der Waals surface area contributed by atoms with Gasteiger partial charge in [0.25, 0.3) is 0 Å². The third-order valence-corrected chi connectivity index (χ3v) is 3.67. The van der Waals surface area contributed by atoms with E-state index in [0.717, 1.165) is 5.69 Å². The second-order valence-electron chi connectivity index (χ2n) is 4.65. The van der Waals surface area contributed by atoms with Gasteiger partial charge in [0, 0.05) is 6.20 Å². The Morgan fingerprint density at radius 3 is 1.95 bits per heavy atom. The maximum atomic E-state index is 6.03. The highest BCUT2D eigenvalue weighted by Crippen LogP contribution is 2.28. The molecule has 0 aliphatic carbocycles. The minimum Gasteiger partial charge on any atom is -0.322 e. The van der Waals surface area contributed by atoms with Gasteiger partial charge in [0.1, 0.15) is 0 Å². The van der Waals surface area contributed by atoms with Gasteiger partial charge in [0.2, 0.25) is 0 Å². The van der Waals surface area contributed by atoms with Crippen LogP contribution in [0.3, 0.4) is 0 Å². The third kappa shape index (κ3) is 2.47. The maximum Gasteiger partial charge on any atom is 0.0957 e. The molecule has 3 heteroatoms. The van der Waals surface area contributed by atoms with Crippen molar-refractivity contribution in [2.24, 2.45) is 0 Å². The van der Waals surface area contributed by atoms with Crippen molar-refractivity contribution < 1.29 is 0 Å². The van der Waals surface area contributed by atoms with E-state index in [4.69, 9.17) is 11.6 Å². The number of benzene rings is 2. The molecule has 0 bridgehead atoms. The molecule has 100 valence electrons. The summed E-state index contributed by atoms with van der Waals surface area (Å²) in [4.78, 5) is 4.24. The number of halogens is 1. The van der Waals surface area contributed by atoms with E-state index >= 15 is 0 Å². The van der Waals surface area contributed by atoms with Gasteiger partial charge < -0.3 is 4.57 Å². The number of alkyl halides is 1. The molecular formula is C17H15ClN2. The molecule has 1 aromatic heterocycles. The molecule has 0 aliphatic heterocycles. The standard InChI is InChI=1S/C17H15ClN2/c18-11-16-12-19-13-20(16)17(14-7-3-1-4-8-14)15-9-5-2-6-10-15/h1-10,12-13,17H,11H2. The van der Waals surface area contributed by atoms with Crippen LogP contribution in [0, 0.1) is 0 Å². The normalized spacial score (nSPS) is 10.9. The number of rotatable bonds is 4. The van der Waals surface area contributed by atoms with Gasteiger partial charge >= 0.3 is 0 Å². The molecular weight excluding hydrogens is 268 g/mol. The molecule has 20 heavy (non-hydrogen) atoms. The van der Waals surface area contributed by atoms with Crippen LogP contribution in [0.4, 0.5) is 0 Å². The van der Waals surface area contributed by atoms with Crippen LogP contribution >= 0.6 is 11.6 Å². The molecule has 0 N–H and O–H groups in total. The molecule has 3 rings (SSSR count). The molecule has 0 saturated heterocycles. The predicted octanol–water partition coefficient (Wildman–Crippen LogP) is 4.26. The molecule has 1 heterocycles. The second-order valence-corrected chi connectivity index (χ2v) is 4.92. The summed E-state index contributed by atoms with van der Waals surface area (Å²) in [6.07, 6.45) is 3.67. The SMILES string of the molecule is ClCc1cncn1C(c1ccccc1)c1ccccc1. The molecule has 0 unspecified atom stereocenters. The average molecular weight is 283 g/mol. The summed E-state index contributed by atoms with van der Waals surface area (Å²) in [6.45, 7) is 0. The van der Waals surface area contributed by atoms with Crippen molar-refractivity contribution in [1.82, 2.24) is 9.55 Å². The maximum absolute atomic E-state index is 6.03. The Kier molecular flexibility index (Phi) is 3.84. The van der Waals surface area contributed by atoms with Gasteiger partial charge in [-0.25, -0.2) is 4.98 Å². The molecule has 0 atom stereocenters. The molecule has 3 aromatic rings. The first-order valence-electron chi connectivity index (χ1n) is 6.56. The molecule has 0 spiro atoms. The predicted molar refractivity (Wildman–Crippen MR) is 81.9 cm³/mol. The first kappa shape index (κ1) is 12.9. The Balaban J connectivity index is 2.14. The second kappa shape index (κ2) is 5.93. The van der Waals surface area contributed by atoms with Crippen molar-refractivity contribution in [1.29, 1.82) is 0 Å². The summed E-state index contributed by atoms with van der Waals surface area (Å²) >= 11 is 6.03. The zero-order chi connectivity index (χ0) is 13.8. The van der Waals surface area contributed by atoms with Crippen LogP contribution in [0.15, 0.2) is 73.2 Å². The van der Waals surface area contributed by atoms with Crippen molar-refractivity contribution >= 4 is 11.6 Å². The molecule has 0 fully saturated rings. The van der Waals surface area contributed by atoms with E-state index in [0.29, 0.717) is 5.88 Å². The molecule has 0 amide bonds. The minimum atomic E-state index is 0.105. The van der Waals surface area contributed by atoms with E-state index in [2.05, 4.69) is 58.1 Å². The lowest BCUT2D eigenvalue weighted by Crippen LogP contribution is -2.13. The number of hydrogen-bond acceptors (Lipinski definition) is 1. The molecule has 0 radical (unpaired) electrons. The zero-order valence-electron chi connectivity index (χ0n) is 11.0. The van der Waals surface area contributed by atoms with Crippen LogP contribution in [-0.2, 0) is 5.88 Å². The van der Waals surface area contributed by atoms with E-state index in [9.17, 15) is 0 Å². The van der Waals surface area contributed by atoms with Crippen LogP contribution in [0.2, 0.25) is 0 Å². The summed E-state index contributed by atoms with van der Waals surface area (Å²) in [5.41, 5.74) is 3.47. The van der Waals surface area contributed by atoms with Crippen LogP contribution in [0.1, 0.15) is 22.9 Å². The Morgan fingerprint density at radius 1 is 0.900 bits per heavy atom. The van der Waals surface area contributed by atoms with E-state index in [1.54, 1.807) is 0 Å². The van der Waals surface area contributed by atoms with Gasteiger partial charge in [-0.1, -0.05) is 60.7 Å². The molecule has 0 saturated carbocycles. The van der Waals surface area contributed by atoms with E-state index in [1.807, 2.05) is 24.7 Å². The summed E-state index contributed by atoms with van der Waals surface area (Å²) < 4.78 is 2.14. The lowest BCUT2D eigenvalue weighted by atomic mass is 9.98. The van der Waals surface area contributed by atoms with Crippen molar-refractivity contribution in [3.8, 4) is 0 Å². The summed E-state index contributed by atoms with van der Waals surface area (Å²) in [6, 6.07) is 20.9. The fraction of sp³-hybridized carbons (Fsp3) is 0.118. The van der Waals surface area contributed by atoms with Crippen LogP contribution in [-0.4, -0.2) is 9.55 Å². The Bertz CT molecular complexity index is 622. The van der Waals surface area contributed by atoms with Gasteiger partial charge in [-0.2, -0.15) is 0 Å². The van der Waals surface area contributed by atoms with E-state index in [-0.39, 0.29) is 6.04 Å². The number of nitrogens with zero attached hydrogens (tertiary/aromatic N) is 2. The van der Waals surface area contributed by atoms with Crippen LogP contribution < -0.4 is 0 Å². The summed E-state index contributed by atoms with van der Waals surface area (Å²) in [7, 11) is 0. The Morgan fingerprint density at radius 2 is 1.45 bits per heavy atom. The van der Waals surface area contributed by atoms with Gasteiger partial charge in [0.15, 0.2) is 0 Å².